The van der Waals surface area contributed by atoms with Gasteiger partial charge in [-0.1, -0.05) is 30.5 Å². The van der Waals surface area contributed by atoms with Gasteiger partial charge in [0.15, 0.2) is 0 Å². The van der Waals surface area contributed by atoms with Gasteiger partial charge in [-0.3, -0.25) is 13.8 Å². The van der Waals surface area contributed by atoms with Crippen molar-refractivity contribution in [1.82, 2.24) is 14.7 Å². The second kappa shape index (κ2) is 8.57. The number of anilines is 1. The number of hydrogen-bond donors (Lipinski definition) is 0. The van der Waals surface area contributed by atoms with Crippen molar-refractivity contribution < 1.29 is 13.2 Å². The molecule has 1 aromatic carbocycles. The average Bonchev–Trinajstić information content (AvgIpc) is 2.86. The standard InChI is InChI=1S/C21H30N4O3S/c1-16-9-11-19(12-10-16)25(15-20(26)24-13-7-5-6-8-14-24)29(27,28)21-17(2)22-23(4)18(21)3/h9-12H,5-8,13-15H2,1-4H3. The minimum absolute atomic E-state index is 0.157. The van der Waals surface area contributed by atoms with Crippen LogP contribution in [0.2, 0.25) is 0 Å². The van der Waals surface area contributed by atoms with Crippen LogP contribution in [0.1, 0.15) is 42.6 Å². The number of nitrogens with zero attached hydrogens (tertiary/aromatic N) is 4. The van der Waals surface area contributed by atoms with E-state index in [0.29, 0.717) is 30.2 Å². The largest absolute Gasteiger partial charge is 0.341 e. The molecule has 0 N–H and O–H groups in total. The summed E-state index contributed by atoms with van der Waals surface area (Å²) in [4.78, 5) is 15.0. The zero-order valence-corrected chi connectivity index (χ0v) is 18.5. The number of likely N-dealkylation sites (tertiary alicyclic amines) is 1. The molecule has 29 heavy (non-hydrogen) atoms. The minimum atomic E-state index is -3.95. The minimum Gasteiger partial charge on any atom is -0.341 e. The van der Waals surface area contributed by atoms with E-state index in [1.54, 1.807) is 42.6 Å². The van der Waals surface area contributed by atoms with Crippen molar-refractivity contribution in [2.24, 2.45) is 7.05 Å². The Kier molecular flexibility index (Phi) is 6.31. The first-order valence-electron chi connectivity index (χ1n) is 10.1. The van der Waals surface area contributed by atoms with Gasteiger partial charge in [-0.15, -0.1) is 0 Å². The van der Waals surface area contributed by atoms with Crippen LogP contribution < -0.4 is 4.31 Å². The number of carbonyl (C=O) groups is 1. The summed E-state index contributed by atoms with van der Waals surface area (Å²) in [5.41, 5.74) is 2.51. The van der Waals surface area contributed by atoms with Gasteiger partial charge in [-0.2, -0.15) is 5.10 Å². The van der Waals surface area contributed by atoms with E-state index >= 15 is 0 Å². The lowest BCUT2D eigenvalue weighted by Gasteiger charge is -2.28. The third kappa shape index (κ3) is 4.47. The van der Waals surface area contributed by atoms with E-state index in [0.717, 1.165) is 31.2 Å². The van der Waals surface area contributed by atoms with Gasteiger partial charge in [0.25, 0.3) is 10.0 Å². The van der Waals surface area contributed by atoms with E-state index in [2.05, 4.69) is 5.10 Å². The lowest BCUT2D eigenvalue weighted by atomic mass is 10.2. The summed E-state index contributed by atoms with van der Waals surface area (Å²) in [7, 11) is -2.23. The van der Waals surface area contributed by atoms with Crippen molar-refractivity contribution in [1.29, 1.82) is 0 Å². The van der Waals surface area contributed by atoms with Gasteiger partial charge in [0, 0.05) is 20.1 Å². The maximum absolute atomic E-state index is 13.7. The molecule has 0 radical (unpaired) electrons. The topological polar surface area (TPSA) is 75.5 Å². The molecule has 0 spiro atoms. The van der Waals surface area contributed by atoms with Crippen LogP contribution in [0.25, 0.3) is 0 Å². The fourth-order valence-electron chi connectivity index (χ4n) is 3.81. The number of aromatic nitrogens is 2. The van der Waals surface area contributed by atoms with Gasteiger partial charge in [-0.05, 0) is 45.7 Å². The summed E-state index contributed by atoms with van der Waals surface area (Å²) in [5.74, 6) is -0.157. The lowest BCUT2D eigenvalue weighted by Crippen LogP contribution is -2.43. The monoisotopic (exact) mass is 418 g/mol. The highest BCUT2D eigenvalue weighted by atomic mass is 32.2. The molecular formula is C21H30N4O3S. The fourth-order valence-corrected chi connectivity index (χ4v) is 5.63. The Labute approximate surface area is 173 Å². The van der Waals surface area contributed by atoms with E-state index in [1.807, 2.05) is 19.1 Å². The van der Waals surface area contributed by atoms with Gasteiger partial charge in [0.2, 0.25) is 5.91 Å². The Bertz CT molecular complexity index is 972. The van der Waals surface area contributed by atoms with Crippen LogP contribution in [-0.4, -0.2) is 48.6 Å². The van der Waals surface area contributed by atoms with Gasteiger partial charge in [0.1, 0.15) is 11.4 Å². The predicted molar refractivity (Wildman–Crippen MR) is 113 cm³/mol. The lowest BCUT2D eigenvalue weighted by molar-refractivity contribution is -0.129. The molecule has 3 rings (SSSR count). The van der Waals surface area contributed by atoms with Crippen molar-refractivity contribution in [3.63, 3.8) is 0 Å². The molecule has 2 aromatic rings. The molecule has 0 unspecified atom stereocenters. The van der Waals surface area contributed by atoms with Crippen LogP contribution in [0.4, 0.5) is 5.69 Å². The van der Waals surface area contributed by atoms with Crippen LogP contribution in [0, 0.1) is 20.8 Å². The molecule has 0 aliphatic carbocycles. The van der Waals surface area contributed by atoms with Crippen LogP contribution in [0.15, 0.2) is 29.2 Å². The smallest absolute Gasteiger partial charge is 0.268 e. The quantitative estimate of drug-likeness (QED) is 0.748. The number of sulfonamides is 1. The number of rotatable bonds is 5. The third-order valence-corrected chi connectivity index (χ3v) is 7.58. The molecule has 2 heterocycles. The summed E-state index contributed by atoms with van der Waals surface area (Å²) in [6.07, 6.45) is 4.14. The second-order valence-electron chi connectivity index (χ2n) is 7.77. The zero-order chi connectivity index (χ0) is 21.2. The Morgan fingerprint density at radius 3 is 2.14 bits per heavy atom. The number of amides is 1. The zero-order valence-electron chi connectivity index (χ0n) is 17.7. The molecule has 158 valence electrons. The van der Waals surface area contributed by atoms with Crippen LogP contribution in [0.5, 0.6) is 0 Å². The van der Waals surface area contributed by atoms with E-state index in [1.165, 1.54) is 4.31 Å². The average molecular weight is 419 g/mol. The highest BCUT2D eigenvalue weighted by Gasteiger charge is 2.33. The third-order valence-electron chi connectivity index (χ3n) is 5.55. The molecule has 1 fully saturated rings. The number of hydrogen-bond acceptors (Lipinski definition) is 4. The Balaban J connectivity index is 2.01. The van der Waals surface area contributed by atoms with E-state index in [4.69, 9.17) is 0 Å². The molecule has 0 bridgehead atoms. The summed E-state index contributed by atoms with van der Waals surface area (Å²) in [6, 6.07) is 7.22. The van der Waals surface area contributed by atoms with Gasteiger partial charge in [0.05, 0.1) is 17.1 Å². The molecule has 7 nitrogen and oxygen atoms in total. The maximum atomic E-state index is 13.7. The maximum Gasteiger partial charge on any atom is 0.268 e. The molecule has 1 aromatic heterocycles. The molecule has 1 saturated heterocycles. The summed E-state index contributed by atoms with van der Waals surface area (Å²) in [6.45, 7) is 6.53. The molecule has 1 aliphatic heterocycles. The van der Waals surface area contributed by atoms with Crippen LogP contribution >= 0.6 is 0 Å². The molecule has 0 saturated carbocycles. The van der Waals surface area contributed by atoms with Crippen molar-refractivity contribution in [3.05, 3.63) is 41.2 Å². The van der Waals surface area contributed by atoms with Crippen molar-refractivity contribution in [2.45, 2.75) is 51.3 Å². The van der Waals surface area contributed by atoms with Crippen LogP contribution in [-0.2, 0) is 21.9 Å². The molecule has 1 aliphatic rings. The number of aryl methyl sites for hydroxylation is 3. The Morgan fingerprint density at radius 1 is 1.03 bits per heavy atom. The normalized spacial score (nSPS) is 15.2. The molecule has 0 atom stereocenters. The molecule has 8 heteroatoms. The number of benzene rings is 1. The van der Waals surface area contributed by atoms with E-state index in [-0.39, 0.29) is 17.3 Å². The van der Waals surface area contributed by atoms with Crippen molar-refractivity contribution in [2.75, 3.05) is 23.9 Å². The van der Waals surface area contributed by atoms with Crippen molar-refractivity contribution >= 4 is 21.6 Å². The van der Waals surface area contributed by atoms with Gasteiger partial charge < -0.3 is 4.90 Å². The Hall–Kier alpha value is -2.35. The molecular weight excluding hydrogens is 388 g/mol. The first-order valence-corrected chi connectivity index (χ1v) is 11.5. The summed E-state index contributed by atoms with van der Waals surface area (Å²) in [5, 5.41) is 4.26. The highest BCUT2D eigenvalue weighted by Crippen LogP contribution is 2.28. The van der Waals surface area contributed by atoms with Crippen LogP contribution in [0.3, 0.4) is 0 Å². The molecule has 1 amide bonds. The van der Waals surface area contributed by atoms with E-state index in [9.17, 15) is 13.2 Å². The van der Waals surface area contributed by atoms with Crippen molar-refractivity contribution in [3.8, 4) is 0 Å². The first kappa shape index (κ1) is 21.4. The predicted octanol–water partition coefficient (Wildman–Crippen LogP) is 2.94. The summed E-state index contributed by atoms with van der Waals surface area (Å²) >= 11 is 0. The number of carbonyl (C=O) groups excluding carboxylic acids is 1. The highest BCUT2D eigenvalue weighted by molar-refractivity contribution is 7.93. The summed E-state index contributed by atoms with van der Waals surface area (Å²) < 4.78 is 30.1. The Morgan fingerprint density at radius 2 is 1.62 bits per heavy atom. The first-order chi connectivity index (χ1) is 13.7. The SMILES string of the molecule is Cc1ccc(N(CC(=O)N2CCCCCC2)S(=O)(=O)c2c(C)nn(C)c2C)cc1. The van der Waals surface area contributed by atoms with E-state index < -0.39 is 10.0 Å². The van der Waals surface area contributed by atoms with Gasteiger partial charge >= 0.3 is 0 Å². The second-order valence-corrected chi connectivity index (χ2v) is 9.56. The fraction of sp³-hybridized carbons (Fsp3) is 0.524. The van der Waals surface area contributed by atoms with Gasteiger partial charge in [-0.25, -0.2) is 8.42 Å².